The molecule has 100 valence electrons. The standard InChI is InChI=1S/C12H16O4S2/c1-10-5-3-4-6-11(10)12(13)9-17(14)7-8-18(2,15)16/h3-6H,7-9H2,1-2H3. The van der Waals surface area contributed by atoms with Crippen molar-refractivity contribution in [3.05, 3.63) is 35.4 Å². The number of rotatable bonds is 6. The Hall–Kier alpha value is -1.01. The third-order valence-electron chi connectivity index (χ3n) is 2.42. The van der Waals surface area contributed by atoms with Crippen molar-refractivity contribution < 1.29 is 17.4 Å². The summed E-state index contributed by atoms with van der Waals surface area (Å²) in [6.07, 6.45) is 1.09. The quantitative estimate of drug-likeness (QED) is 0.732. The molecule has 0 aliphatic heterocycles. The lowest BCUT2D eigenvalue weighted by molar-refractivity contribution is 0.102. The van der Waals surface area contributed by atoms with Gasteiger partial charge in [-0.3, -0.25) is 9.00 Å². The van der Waals surface area contributed by atoms with Gasteiger partial charge in [0.05, 0.1) is 11.5 Å². The SMILES string of the molecule is Cc1ccccc1C(=O)CS(=O)CCS(C)(=O)=O. The second-order valence-electron chi connectivity index (χ2n) is 4.16. The Balaban J connectivity index is 2.61. The predicted octanol–water partition coefficient (Wildman–Crippen LogP) is 0.971. The molecule has 0 spiro atoms. The summed E-state index contributed by atoms with van der Waals surface area (Å²) in [5.74, 6) is -0.475. The summed E-state index contributed by atoms with van der Waals surface area (Å²) in [5, 5.41) is 0. The first-order valence-corrected chi connectivity index (χ1v) is 8.96. The summed E-state index contributed by atoms with van der Waals surface area (Å²) < 4.78 is 33.5. The molecule has 1 aromatic carbocycles. The lowest BCUT2D eigenvalue weighted by Gasteiger charge is -2.04. The highest BCUT2D eigenvalue weighted by Crippen LogP contribution is 2.08. The summed E-state index contributed by atoms with van der Waals surface area (Å²) in [6.45, 7) is 1.81. The molecule has 1 rings (SSSR count). The smallest absolute Gasteiger partial charge is 0.175 e. The molecule has 0 aliphatic carbocycles. The maximum Gasteiger partial charge on any atom is 0.175 e. The van der Waals surface area contributed by atoms with Gasteiger partial charge in [0.25, 0.3) is 0 Å². The van der Waals surface area contributed by atoms with Crippen molar-refractivity contribution in [1.82, 2.24) is 0 Å². The molecule has 0 amide bonds. The molecule has 0 saturated heterocycles. The number of hydrogen-bond donors (Lipinski definition) is 0. The van der Waals surface area contributed by atoms with E-state index in [1.165, 1.54) is 0 Å². The number of benzene rings is 1. The van der Waals surface area contributed by atoms with Gasteiger partial charge in [0.1, 0.15) is 9.84 Å². The van der Waals surface area contributed by atoms with E-state index in [1.54, 1.807) is 12.1 Å². The molecule has 0 heterocycles. The van der Waals surface area contributed by atoms with Crippen LogP contribution in [-0.2, 0) is 20.6 Å². The molecular formula is C12H16O4S2. The van der Waals surface area contributed by atoms with Crippen LogP contribution in [0, 0.1) is 6.92 Å². The Labute approximate surface area is 110 Å². The van der Waals surface area contributed by atoms with Crippen LogP contribution in [0.25, 0.3) is 0 Å². The monoisotopic (exact) mass is 288 g/mol. The highest BCUT2D eigenvalue weighted by molar-refractivity contribution is 7.92. The second-order valence-corrected chi connectivity index (χ2v) is 7.99. The van der Waals surface area contributed by atoms with Crippen molar-refractivity contribution in [2.24, 2.45) is 0 Å². The highest BCUT2D eigenvalue weighted by Gasteiger charge is 2.14. The van der Waals surface area contributed by atoms with Crippen molar-refractivity contribution in [3.8, 4) is 0 Å². The fraction of sp³-hybridized carbons (Fsp3) is 0.417. The molecule has 4 nitrogen and oxygen atoms in total. The number of hydrogen-bond acceptors (Lipinski definition) is 4. The Kier molecular flexibility index (Phi) is 5.22. The van der Waals surface area contributed by atoms with E-state index in [2.05, 4.69) is 0 Å². The van der Waals surface area contributed by atoms with Gasteiger partial charge in [0, 0.05) is 28.4 Å². The largest absolute Gasteiger partial charge is 0.293 e. The molecule has 0 radical (unpaired) electrons. The molecule has 6 heteroatoms. The molecule has 0 aromatic heterocycles. The van der Waals surface area contributed by atoms with Gasteiger partial charge in [-0.1, -0.05) is 24.3 Å². The van der Waals surface area contributed by atoms with E-state index in [0.717, 1.165) is 11.8 Å². The van der Waals surface area contributed by atoms with Gasteiger partial charge < -0.3 is 0 Å². The van der Waals surface area contributed by atoms with Crippen LogP contribution in [0.15, 0.2) is 24.3 Å². The maximum absolute atomic E-state index is 11.9. The minimum Gasteiger partial charge on any atom is -0.293 e. The van der Waals surface area contributed by atoms with E-state index in [0.29, 0.717) is 5.56 Å². The van der Waals surface area contributed by atoms with Crippen molar-refractivity contribution in [2.75, 3.05) is 23.5 Å². The third-order valence-corrected chi connectivity index (χ3v) is 4.87. The van der Waals surface area contributed by atoms with Crippen LogP contribution in [0.4, 0.5) is 0 Å². The zero-order valence-corrected chi connectivity index (χ0v) is 12.0. The zero-order chi connectivity index (χ0) is 13.8. The average Bonchev–Trinajstić information content (AvgIpc) is 2.26. The molecule has 1 aromatic rings. The van der Waals surface area contributed by atoms with Gasteiger partial charge in [0.15, 0.2) is 5.78 Å². The first kappa shape index (κ1) is 15.0. The van der Waals surface area contributed by atoms with Crippen LogP contribution >= 0.6 is 0 Å². The van der Waals surface area contributed by atoms with Gasteiger partial charge >= 0.3 is 0 Å². The van der Waals surface area contributed by atoms with Crippen LogP contribution < -0.4 is 0 Å². The number of carbonyl (C=O) groups is 1. The maximum atomic E-state index is 11.9. The van der Waals surface area contributed by atoms with E-state index in [4.69, 9.17) is 0 Å². The average molecular weight is 288 g/mol. The van der Waals surface area contributed by atoms with Crippen LogP contribution in [0.3, 0.4) is 0 Å². The molecule has 0 fully saturated rings. The zero-order valence-electron chi connectivity index (χ0n) is 10.4. The minimum absolute atomic E-state index is 0.0104. The van der Waals surface area contributed by atoms with E-state index in [-0.39, 0.29) is 23.0 Å². The number of sulfone groups is 1. The van der Waals surface area contributed by atoms with E-state index in [9.17, 15) is 17.4 Å². The molecule has 0 saturated carbocycles. The summed E-state index contributed by atoms with van der Waals surface area (Å²) in [6, 6.07) is 7.07. The van der Waals surface area contributed by atoms with E-state index < -0.39 is 20.6 Å². The number of aryl methyl sites for hydroxylation is 1. The molecular weight excluding hydrogens is 272 g/mol. The fourth-order valence-electron chi connectivity index (χ4n) is 1.43. The summed E-state index contributed by atoms with van der Waals surface area (Å²) in [5.41, 5.74) is 1.38. The normalized spacial score (nSPS) is 13.2. The Morgan fingerprint density at radius 1 is 1.28 bits per heavy atom. The first-order chi connectivity index (χ1) is 8.29. The lowest BCUT2D eigenvalue weighted by Crippen LogP contribution is -2.18. The second kappa shape index (κ2) is 6.24. The molecule has 0 N–H and O–H groups in total. The van der Waals surface area contributed by atoms with Crippen molar-refractivity contribution in [3.63, 3.8) is 0 Å². The first-order valence-electron chi connectivity index (χ1n) is 5.41. The number of Topliss-reactive ketones (excluding diaryl/α,β-unsaturated/α-hetero) is 1. The Morgan fingerprint density at radius 3 is 2.44 bits per heavy atom. The van der Waals surface area contributed by atoms with Crippen LogP contribution in [0.1, 0.15) is 15.9 Å². The van der Waals surface area contributed by atoms with Crippen LogP contribution in [0.2, 0.25) is 0 Å². The Morgan fingerprint density at radius 2 is 1.89 bits per heavy atom. The van der Waals surface area contributed by atoms with Gasteiger partial charge in [-0.05, 0) is 12.5 Å². The van der Waals surface area contributed by atoms with Gasteiger partial charge in [-0.2, -0.15) is 0 Å². The predicted molar refractivity (Wildman–Crippen MR) is 73.1 cm³/mol. The molecule has 0 bridgehead atoms. The van der Waals surface area contributed by atoms with Crippen LogP contribution in [-0.4, -0.2) is 41.9 Å². The molecule has 1 unspecified atom stereocenters. The molecule has 1 atom stereocenters. The number of ketones is 1. The number of carbonyl (C=O) groups excluding carboxylic acids is 1. The van der Waals surface area contributed by atoms with Gasteiger partial charge in [0.2, 0.25) is 0 Å². The topological polar surface area (TPSA) is 68.3 Å². The van der Waals surface area contributed by atoms with Crippen molar-refractivity contribution in [2.45, 2.75) is 6.92 Å². The van der Waals surface area contributed by atoms with Gasteiger partial charge in [-0.25, -0.2) is 8.42 Å². The van der Waals surface area contributed by atoms with E-state index in [1.807, 2.05) is 19.1 Å². The summed E-state index contributed by atoms with van der Waals surface area (Å²) in [7, 11) is -4.57. The summed E-state index contributed by atoms with van der Waals surface area (Å²) in [4.78, 5) is 11.9. The lowest BCUT2D eigenvalue weighted by atomic mass is 10.1. The highest BCUT2D eigenvalue weighted by atomic mass is 32.2. The van der Waals surface area contributed by atoms with E-state index >= 15 is 0 Å². The Bertz CT molecular complexity index is 561. The molecule has 18 heavy (non-hydrogen) atoms. The van der Waals surface area contributed by atoms with Gasteiger partial charge in [-0.15, -0.1) is 0 Å². The van der Waals surface area contributed by atoms with Crippen molar-refractivity contribution >= 4 is 26.4 Å². The third kappa shape index (κ3) is 5.10. The van der Waals surface area contributed by atoms with Crippen molar-refractivity contribution in [1.29, 1.82) is 0 Å². The molecule has 0 aliphatic rings. The minimum atomic E-state index is -3.13. The van der Waals surface area contributed by atoms with Crippen LogP contribution in [0.5, 0.6) is 0 Å². The summed E-state index contributed by atoms with van der Waals surface area (Å²) >= 11 is 0. The fourth-order valence-corrected chi connectivity index (χ4v) is 3.97.